The van der Waals surface area contributed by atoms with Crippen LogP contribution < -0.4 is 10.1 Å². The second-order valence-corrected chi connectivity index (χ2v) is 4.28. The van der Waals surface area contributed by atoms with E-state index in [-0.39, 0.29) is 43.1 Å². The normalized spacial score (nSPS) is 12.2. The summed E-state index contributed by atoms with van der Waals surface area (Å²) >= 11 is 0. The van der Waals surface area contributed by atoms with Crippen LogP contribution in [0.3, 0.4) is 0 Å². The number of halogens is 5. The number of nitrogens with zero attached hydrogens (tertiary/aromatic N) is 2. The Morgan fingerprint density at radius 1 is 1.45 bits per heavy atom. The fraction of sp³-hybridized carbons (Fsp3) is 0.538. The van der Waals surface area contributed by atoms with Gasteiger partial charge in [-0.15, -0.1) is 12.4 Å². The number of nitrogens with one attached hydrogen (secondary N) is 1. The van der Waals surface area contributed by atoms with Crippen molar-refractivity contribution in [2.75, 3.05) is 13.6 Å². The lowest BCUT2D eigenvalue weighted by Gasteiger charge is -2.21. The molecule has 0 radical (unpaired) electrons. The average molecular weight is 342 g/mol. The first kappa shape index (κ1) is 20.4. The molecule has 124 valence electrons. The van der Waals surface area contributed by atoms with Crippen LogP contribution in [0.4, 0.5) is 17.6 Å². The first-order valence-corrected chi connectivity index (χ1v) is 6.31. The van der Waals surface area contributed by atoms with Gasteiger partial charge in [-0.25, -0.2) is 9.37 Å². The molecule has 1 unspecified atom stereocenters. The highest BCUT2D eigenvalue weighted by Gasteiger charge is 2.42. The van der Waals surface area contributed by atoms with Gasteiger partial charge in [0.05, 0.1) is 5.69 Å². The predicted molar refractivity (Wildman–Crippen MR) is 74.6 cm³/mol. The van der Waals surface area contributed by atoms with Gasteiger partial charge in [-0.2, -0.15) is 18.4 Å². The maximum atomic E-state index is 13.5. The van der Waals surface area contributed by atoms with Gasteiger partial charge in [0.25, 0.3) is 0 Å². The molecule has 1 atom stereocenters. The van der Waals surface area contributed by atoms with Crippen LogP contribution in [0.1, 0.15) is 24.6 Å². The number of rotatable bonds is 6. The van der Waals surface area contributed by atoms with Crippen molar-refractivity contribution in [3.8, 4) is 11.9 Å². The molecular weight excluding hydrogens is 326 g/mol. The van der Waals surface area contributed by atoms with Gasteiger partial charge in [-0.1, -0.05) is 6.92 Å². The lowest BCUT2D eigenvalue weighted by Crippen LogP contribution is -2.37. The molecule has 0 fully saturated rings. The third kappa shape index (κ3) is 5.31. The Labute approximate surface area is 131 Å². The van der Waals surface area contributed by atoms with Gasteiger partial charge in [-0.05, 0) is 26.1 Å². The van der Waals surface area contributed by atoms with E-state index in [1.54, 1.807) is 13.0 Å². The lowest BCUT2D eigenvalue weighted by atomic mass is 10.2. The molecule has 0 amide bonds. The van der Waals surface area contributed by atoms with Crippen LogP contribution >= 0.6 is 12.4 Å². The second kappa shape index (κ2) is 8.76. The van der Waals surface area contributed by atoms with Crippen LogP contribution in [-0.2, 0) is 6.42 Å². The number of pyridine rings is 1. The van der Waals surface area contributed by atoms with E-state index in [0.717, 1.165) is 6.07 Å². The van der Waals surface area contributed by atoms with E-state index in [4.69, 9.17) is 10.00 Å². The van der Waals surface area contributed by atoms with Gasteiger partial charge in [0.1, 0.15) is 17.4 Å². The van der Waals surface area contributed by atoms with E-state index < -0.39 is 24.0 Å². The fourth-order valence-electron chi connectivity index (χ4n) is 1.63. The minimum absolute atomic E-state index is 0. The molecule has 22 heavy (non-hydrogen) atoms. The molecule has 0 saturated heterocycles. The molecule has 0 spiro atoms. The largest absolute Gasteiger partial charge is 0.464 e. The number of ether oxygens (including phenoxy) is 1. The third-order valence-corrected chi connectivity index (χ3v) is 2.74. The summed E-state index contributed by atoms with van der Waals surface area (Å²) in [5.74, 6) is -1.23. The molecule has 1 aromatic rings. The zero-order valence-corrected chi connectivity index (χ0v) is 12.8. The van der Waals surface area contributed by atoms with Gasteiger partial charge < -0.3 is 10.1 Å². The number of nitriles is 1. The summed E-state index contributed by atoms with van der Waals surface area (Å²) in [5, 5.41) is 11.5. The first-order chi connectivity index (χ1) is 9.83. The van der Waals surface area contributed by atoms with Crippen molar-refractivity contribution in [1.29, 1.82) is 5.26 Å². The van der Waals surface area contributed by atoms with Crippen LogP contribution in [0.25, 0.3) is 0 Å². The molecule has 0 aromatic carbocycles. The van der Waals surface area contributed by atoms with E-state index in [9.17, 15) is 17.6 Å². The smallest absolute Gasteiger partial charge is 0.425 e. The van der Waals surface area contributed by atoms with E-state index in [0.29, 0.717) is 0 Å². The summed E-state index contributed by atoms with van der Waals surface area (Å²) in [6.07, 6.45) is -6.88. The Balaban J connectivity index is 0.00000441. The molecule has 1 aromatic heterocycles. The van der Waals surface area contributed by atoms with Gasteiger partial charge in [0.2, 0.25) is 5.88 Å². The zero-order valence-electron chi connectivity index (χ0n) is 12.0. The molecule has 0 aliphatic heterocycles. The quantitative estimate of drug-likeness (QED) is 0.808. The van der Waals surface area contributed by atoms with Crippen molar-refractivity contribution in [2.45, 2.75) is 32.0 Å². The van der Waals surface area contributed by atoms with Crippen LogP contribution in [0.5, 0.6) is 5.88 Å². The summed E-state index contributed by atoms with van der Waals surface area (Å²) in [7, 11) is 1.51. The van der Waals surface area contributed by atoms with E-state index >= 15 is 0 Å². The van der Waals surface area contributed by atoms with Crippen molar-refractivity contribution in [3.05, 3.63) is 23.1 Å². The number of hydrogen-bond acceptors (Lipinski definition) is 4. The molecule has 0 saturated carbocycles. The van der Waals surface area contributed by atoms with Gasteiger partial charge in [0.15, 0.2) is 6.10 Å². The molecule has 1 N–H and O–H groups in total. The Kier molecular flexibility index (Phi) is 8.12. The van der Waals surface area contributed by atoms with Crippen LogP contribution in [-0.4, -0.2) is 30.9 Å². The standard InChI is InChI=1S/C13H15F4N3O.ClH/c1-3-10-9(14)6-8(7-18)12(20-10)21-11(4-5-19-2)13(15,16)17;/h6,11,19H,3-5H2,1-2H3;1H. The SMILES string of the molecule is CCc1nc(OC(CCNC)C(F)(F)F)c(C#N)cc1F.Cl. The molecule has 0 aliphatic carbocycles. The van der Waals surface area contributed by atoms with Crippen molar-refractivity contribution in [1.82, 2.24) is 10.3 Å². The van der Waals surface area contributed by atoms with E-state index in [2.05, 4.69) is 10.3 Å². The molecule has 9 heteroatoms. The highest BCUT2D eigenvalue weighted by Crippen LogP contribution is 2.28. The van der Waals surface area contributed by atoms with Crippen molar-refractivity contribution >= 4 is 12.4 Å². The highest BCUT2D eigenvalue weighted by atomic mass is 35.5. The van der Waals surface area contributed by atoms with Crippen LogP contribution in [0.2, 0.25) is 0 Å². The van der Waals surface area contributed by atoms with E-state index in [1.807, 2.05) is 0 Å². The van der Waals surface area contributed by atoms with Crippen LogP contribution in [0, 0.1) is 17.1 Å². The summed E-state index contributed by atoms with van der Waals surface area (Å²) in [6, 6.07) is 2.43. The molecular formula is C13H16ClF4N3O. The second-order valence-electron chi connectivity index (χ2n) is 4.28. The topological polar surface area (TPSA) is 57.9 Å². The molecule has 1 rings (SSSR count). The van der Waals surface area contributed by atoms with Crippen molar-refractivity contribution in [2.24, 2.45) is 0 Å². The van der Waals surface area contributed by atoms with Gasteiger partial charge in [-0.3, -0.25) is 0 Å². The minimum Gasteiger partial charge on any atom is -0.464 e. The Morgan fingerprint density at radius 2 is 2.09 bits per heavy atom. The number of hydrogen-bond donors (Lipinski definition) is 1. The molecule has 4 nitrogen and oxygen atoms in total. The lowest BCUT2D eigenvalue weighted by molar-refractivity contribution is -0.197. The number of alkyl halides is 3. The maximum absolute atomic E-state index is 13.5. The average Bonchev–Trinajstić information content (AvgIpc) is 2.42. The van der Waals surface area contributed by atoms with Crippen molar-refractivity contribution < 1.29 is 22.3 Å². The maximum Gasteiger partial charge on any atom is 0.425 e. The monoisotopic (exact) mass is 341 g/mol. The summed E-state index contributed by atoms with van der Waals surface area (Å²) in [6.45, 7) is 1.68. The van der Waals surface area contributed by atoms with Gasteiger partial charge in [0, 0.05) is 6.42 Å². The molecule has 0 bridgehead atoms. The predicted octanol–water partition coefficient (Wildman–Crippen LogP) is 3.00. The summed E-state index contributed by atoms with van der Waals surface area (Å²) in [5.41, 5.74) is -0.401. The highest BCUT2D eigenvalue weighted by molar-refractivity contribution is 5.85. The summed E-state index contributed by atoms with van der Waals surface area (Å²) < 4.78 is 57.0. The van der Waals surface area contributed by atoms with Crippen molar-refractivity contribution in [3.63, 3.8) is 0 Å². The fourth-order valence-corrected chi connectivity index (χ4v) is 1.63. The Morgan fingerprint density at radius 3 is 2.55 bits per heavy atom. The first-order valence-electron chi connectivity index (χ1n) is 6.31. The Bertz CT molecular complexity index is 531. The molecule has 1 heterocycles. The number of aryl methyl sites for hydroxylation is 1. The van der Waals surface area contributed by atoms with Gasteiger partial charge >= 0.3 is 6.18 Å². The van der Waals surface area contributed by atoms with Crippen LogP contribution in [0.15, 0.2) is 6.07 Å². The summed E-state index contributed by atoms with van der Waals surface area (Å²) in [4.78, 5) is 3.68. The molecule has 0 aliphatic rings. The minimum atomic E-state index is -4.61. The Hall–Kier alpha value is -1.59. The third-order valence-electron chi connectivity index (χ3n) is 2.74. The number of aromatic nitrogens is 1. The van der Waals surface area contributed by atoms with E-state index in [1.165, 1.54) is 7.05 Å². The zero-order chi connectivity index (χ0) is 16.0.